The van der Waals surface area contributed by atoms with Gasteiger partial charge in [-0.25, -0.2) is 24.1 Å². The normalized spacial score (nSPS) is 15.0. The topological polar surface area (TPSA) is 351 Å². The molecule has 250 valence electrons. The highest BCUT2D eigenvalue weighted by atomic mass is 32.2. The average molecular weight is 699 g/mol. The fourth-order valence-electron chi connectivity index (χ4n) is 3.42. The fraction of sp³-hybridized carbons (Fsp3) is 0.227. The van der Waals surface area contributed by atoms with Gasteiger partial charge < -0.3 is 36.2 Å². The lowest BCUT2D eigenvalue weighted by molar-refractivity contribution is -0.161. The number of carboxylic acids is 1. The largest absolute Gasteiger partial charge is 0.503 e. The van der Waals surface area contributed by atoms with Crippen molar-refractivity contribution in [3.8, 4) is 11.6 Å². The first kappa shape index (κ1) is 33.6. The molecule has 0 aromatic carbocycles. The molecule has 1 saturated heterocycles. The molecule has 1 aliphatic rings. The summed E-state index contributed by atoms with van der Waals surface area (Å²) in [5, 5.41) is 34.6. The molecule has 4 heterocycles. The van der Waals surface area contributed by atoms with Gasteiger partial charge in [-0.3, -0.25) is 34.5 Å². The standard InChI is InChI=1S/C22H22N10O13S2/c1-22(2,18(39)40)45-29-12(9-6-46-19(23)26-9)14(36)25-8-5-31(16(8)37)21(42)30-47(43,44)15-17(38)32(20(41)27-15)28-13(35)7-3-10(33)11(34)4-24-7/h3-4,6,8,34,38H,5H2,1-2H3,(H2,23,26)(H,24,33)(H,25,36)(H,27,41)(H,28,35)(H,30,42)(H,39,40)/t8-/m0/s1. The predicted molar refractivity (Wildman–Crippen MR) is 154 cm³/mol. The Morgan fingerprint density at radius 1 is 1.21 bits per heavy atom. The second kappa shape index (κ2) is 12.3. The molecule has 0 aliphatic carbocycles. The van der Waals surface area contributed by atoms with Crippen molar-refractivity contribution in [2.24, 2.45) is 5.16 Å². The van der Waals surface area contributed by atoms with Crippen LogP contribution in [-0.4, -0.2) is 102 Å². The smallest absolute Gasteiger partial charge is 0.350 e. The number of hydrogen-bond acceptors (Lipinski definition) is 16. The van der Waals surface area contributed by atoms with Crippen molar-refractivity contribution in [2.75, 3.05) is 17.7 Å². The zero-order chi connectivity index (χ0) is 35.0. The number of nitrogen functional groups attached to an aromatic ring is 1. The Morgan fingerprint density at radius 3 is 2.47 bits per heavy atom. The number of carbonyl (C=O) groups is 5. The number of nitrogens with one attached hydrogen (secondary N) is 5. The number of nitrogens with two attached hydrogens (primary N) is 1. The molecule has 3 aromatic rings. The number of amides is 5. The highest BCUT2D eigenvalue weighted by molar-refractivity contribution is 7.90. The number of imide groups is 1. The van der Waals surface area contributed by atoms with Gasteiger partial charge in [0.2, 0.25) is 16.1 Å². The number of β-lactam (4-membered cyclic amide) rings is 1. The van der Waals surface area contributed by atoms with Gasteiger partial charge in [0, 0.05) is 17.6 Å². The van der Waals surface area contributed by atoms with Gasteiger partial charge in [-0.15, -0.1) is 11.3 Å². The van der Waals surface area contributed by atoms with E-state index in [1.807, 2.05) is 0 Å². The first-order chi connectivity index (χ1) is 21.8. The maximum absolute atomic E-state index is 12.9. The van der Waals surface area contributed by atoms with Crippen LogP contribution in [0.4, 0.5) is 9.93 Å². The highest BCUT2D eigenvalue weighted by Crippen LogP contribution is 2.20. The molecule has 0 radical (unpaired) electrons. The number of aromatic amines is 2. The number of carboxylic acid groups (broad SMARTS) is 1. The molecule has 1 atom stereocenters. The number of thiazole rings is 1. The minimum absolute atomic E-state index is 0.0144. The Kier molecular flexibility index (Phi) is 8.79. The van der Waals surface area contributed by atoms with E-state index in [0.717, 1.165) is 31.4 Å². The van der Waals surface area contributed by atoms with E-state index in [1.54, 1.807) is 10.4 Å². The van der Waals surface area contributed by atoms with Crippen molar-refractivity contribution < 1.29 is 52.5 Å². The van der Waals surface area contributed by atoms with E-state index in [1.165, 1.54) is 10.1 Å². The minimum atomic E-state index is -5.12. The Labute approximate surface area is 263 Å². The van der Waals surface area contributed by atoms with Crippen molar-refractivity contribution in [1.29, 1.82) is 0 Å². The fourth-order valence-corrected chi connectivity index (χ4v) is 4.96. The number of rotatable bonds is 10. The summed E-state index contributed by atoms with van der Waals surface area (Å²) < 4.78 is 27.0. The summed E-state index contributed by atoms with van der Waals surface area (Å²) in [6.45, 7) is 1.71. The van der Waals surface area contributed by atoms with Crippen LogP contribution in [0, 0.1) is 0 Å². The van der Waals surface area contributed by atoms with E-state index in [-0.39, 0.29) is 15.5 Å². The summed E-state index contributed by atoms with van der Waals surface area (Å²) in [5.41, 5.74) is 1.92. The zero-order valence-electron chi connectivity index (χ0n) is 23.6. The third-order valence-corrected chi connectivity index (χ3v) is 7.96. The van der Waals surface area contributed by atoms with Crippen LogP contribution in [-0.2, 0) is 29.2 Å². The van der Waals surface area contributed by atoms with E-state index >= 15 is 0 Å². The number of H-pyrrole nitrogens is 2. The minimum Gasteiger partial charge on any atom is -0.503 e. The number of aromatic nitrogens is 4. The van der Waals surface area contributed by atoms with Gasteiger partial charge >= 0.3 is 17.7 Å². The average Bonchev–Trinajstić information content (AvgIpc) is 3.54. The number of imidazole rings is 1. The van der Waals surface area contributed by atoms with Crippen LogP contribution in [0.1, 0.15) is 30.0 Å². The Bertz CT molecular complexity index is 2080. The summed E-state index contributed by atoms with van der Waals surface area (Å²) in [6, 6.07) is -2.32. The molecule has 10 N–H and O–H groups in total. The van der Waals surface area contributed by atoms with Gasteiger partial charge in [-0.2, -0.15) is 13.1 Å². The number of likely N-dealkylation sites (tertiary alicyclic amines) is 1. The molecule has 0 spiro atoms. The molecule has 4 rings (SSSR count). The second-order valence-electron chi connectivity index (χ2n) is 9.76. The predicted octanol–water partition coefficient (Wildman–Crippen LogP) is -3.29. The number of anilines is 1. The van der Waals surface area contributed by atoms with Crippen molar-refractivity contribution in [3.05, 3.63) is 49.7 Å². The molecule has 0 unspecified atom stereocenters. The summed E-state index contributed by atoms with van der Waals surface area (Å²) in [6.07, 6.45) is 0.761. The van der Waals surface area contributed by atoms with Crippen LogP contribution in [0.5, 0.6) is 11.6 Å². The molecular weight excluding hydrogens is 676 g/mol. The van der Waals surface area contributed by atoms with Gasteiger partial charge in [0.15, 0.2) is 16.6 Å². The number of aromatic hydroxyl groups is 2. The maximum Gasteiger partial charge on any atom is 0.350 e. The van der Waals surface area contributed by atoms with Gasteiger partial charge in [0.05, 0.1) is 6.54 Å². The van der Waals surface area contributed by atoms with Gasteiger partial charge in [-0.05, 0) is 13.8 Å². The number of urea groups is 1. The molecular formula is C22H22N10O13S2. The molecule has 1 fully saturated rings. The second-order valence-corrected chi connectivity index (χ2v) is 12.3. The van der Waals surface area contributed by atoms with Crippen LogP contribution in [0.2, 0.25) is 0 Å². The quantitative estimate of drug-likeness (QED) is 0.0569. The van der Waals surface area contributed by atoms with Crippen LogP contribution in [0.15, 0.2) is 37.4 Å². The highest BCUT2D eigenvalue weighted by Gasteiger charge is 2.44. The van der Waals surface area contributed by atoms with Crippen molar-refractivity contribution in [2.45, 2.75) is 30.5 Å². The van der Waals surface area contributed by atoms with Crippen molar-refractivity contribution >= 4 is 61.9 Å². The number of aliphatic carboxylic acids is 1. The third kappa shape index (κ3) is 6.88. The summed E-state index contributed by atoms with van der Waals surface area (Å²) >= 11 is 0.909. The lowest BCUT2D eigenvalue weighted by Crippen LogP contribution is -2.67. The molecule has 5 amide bonds. The molecule has 1 aliphatic heterocycles. The van der Waals surface area contributed by atoms with Crippen molar-refractivity contribution in [3.63, 3.8) is 0 Å². The molecule has 0 bridgehead atoms. The van der Waals surface area contributed by atoms with E-state index in [9.17, 15) is 57.3 Å². The van der Waals surface area contributed by atoms with Crippen LogP contribution in [0.25, 0.3) is 0 Å². The van der Waals surface area contributed by atoms with Gasteiger partial charge in [0.25, 0.3) is 33.6 Å². The van der Waals surface area contributed by atoms with E-state index in [0.29, 0.717) is 11.0 Å². The first-order valence-corrected chi connectivity index (χ1v) is 14.9. The number of hydrogen-bond donors (Lipinski definition) is 9. The van der Waals surface area contributed by atoms with E-state index in [4.69, 9.17) is 10.6 Å². The van der Waals surface area contributed by atoms with E-state index < -0.39 is 97.1 Å². The lowest BCUT2D eigenvalue weighted by Gasteiger charge is -2.36. The SMILES string of the molecule is CC(C)(ON=C(C(=O)N[C@H]1CN(C(=O)NS(=O)(=O)c2[nH]c(=O)n(NC(=O)c3cc(=O)c(O)c[nH]3)c2O)C1=O)c1csc(N)n1)C(=O)O. The molecule has 0 saturated carbocycles. The summed E-state index contributed by atoms with van der Waals surface area (Å²) in [5.74, 6) is -6.99. The monoisotopic (exact) mass is 698 g/mol. The zero-order valence-corrected chi connectivity index (χ0v) is 25.3. The first-order valence-electron chi connectivity index (χ1n) is 12.5. The Morgan fingerprint density at radius 2 is 1.89 bits per heavy atom. The number of sulfonamides is 1. The van der Waals surface area contributed by atoms with Crippen LogP contribution < -0.4 is 32.3 Å². The van der Waals surface area contributed by atoms with Gasteiger partial charge in [0.1, 0.15) is 17.4 Å². The van der Waals surface area contributed by atoms with Crippen molar-refractivity contribution in [1.82, 2.24) is 34.6 Å². The number of pyridine rings is 1. The third-order valence-electron chi connectivity index (χ3n) is 6.02. The Hall–Kier alpha value is -6.24. The Balaban J connectivity index is 1.43. The number of carbonyl (C=O) groups excluding carboxylic acids is 4. The number of oxime groups is 1. The van der Waals surface area contributed by atoms with Crippen LogP contribution >= 0.6 is 11.3 Å². The molecule has 23 nitrogen and oxygen atoms in total. The van der Waals surface area contributed by atoms with Crippen LogP contribution in [0.3, 0.4) is 0 Å². The molecule has 3 aromatic heterocycles. The number of nitrogens with zero attached hydrogens (tertiary/aromatic N) is 4. The maximum atomic E-state index is 12.9. The molecule has 47 heavy (non-hydrogen) atoms. The van der Waals surface area contributed by atoms with E-state index in [2.05, 4.69) is 20.4 Å². The summed E-state index contributed by atoms with van der Waals surface area (Å²) in [7, 11) is -5.12. The summed E-state index contributed by atoms with van der Waals surface area (Å²) in [4.78, 5) is 98.7. The molecule has 25 heteroatoms. The lowest BCUT2D eigenvalue weighted by atomic mass is 10.1. The van der Waals surface area contributed by atoms with Gasteiger partial charge in [-0.1, -0.05) is 5.16 Å².